The van der Waals surface area contributed by atoms with Gasteiger partial charge in [-0.1, -0.05) is 30.3 Å². The summed E-state index contributed by atoms with van der Waals surface area (Å²) in [6, 6.07) is 16.8. The van der Waals surface area contributed by atoms with Gasteiger partial charge >= 0.3 is 5.97 Å². The molecule has 0 saturated carbocycles. The zero-order valence-electron chi connectivity index (χ0n) is 17.0. The smallest absolute Gasteiger partial charge is 0.338 e. The fourth-order valence-corrected chi connectivity index (χ4v) is 2.68. The van der Waals surface area contributed by atoms with Crippen LogP contribution in [0.4, 0.5) is 0 Å². The van der Waals surface area contributed by atoms with Crippen LogP contribution in [0.1, 0.15) is 50.0 Å². The van der Waals surface area contributed by atoms with Crippen LogP contribution in [0.3, 0.4) is 0 Å². The van der Waals surface area contributed by atoms with E-state index in [0.29, 0.717) is 11.3 Å². The van der Waals surface area contributed by atoms with Gasteiger partial charge in [-0.3, -0.25) is 4.79 Å². The Bertz CT molecular complexity index is 756. The first-order valence-electron chi connectivity index (χ1n) is 9.67. The first kappa shape index (κ1) is 21.5. The number of esters is 1. The van der Waals surface area contributed by atoms with Gasteiger partial charge in [-0.05, 0) is 70.4 Å². The molecule has 5 heteroatoms. The van der Waals surface area contributed by atoms with Crippen LogP contribution in [-0.2, 0) is 16.0 Å². The van der Waals surface area contributed by atoms with Crippen molar-refractivity contribution >= 4 is 11.9 Å². The minimum Gasteiger partial charge on any atom is -0.491 e. The molecule has 0 aliphatic carbocycles. The molecule has 2 atom stereocenters. The molecule has 0 radical (unpaired) electrons. The van der Waals surface area contributed by atoms with E-state index in [1.807, 2.05) is 39.0 Å². The van der Waals surface area contributed by atoms with Crippen LogP contribution in [-0.4, -0.2) is 30.1 Å². The molecule has 2 aromatic rings. The van der Waals surface area contributed by atoms with E-state index in [9.17, 15) is 9.59 Å². The predicted octanol–water partition coefficient (Wildman–Crippen LogP) is 4.16. The van der Waals surface area contributed by atoms with Crippen molar-refractivity contribution in [2.75, 3.05) is 0 Å². The number of benzene rings is 2. The quantitative estimate of drug-likeness (QED) is 0.661. The molecule has 5 nitrogen and oxygen atoms in total. The third-order valence-electron chi connectivity index (χ3n) is 4.21. The lowest BCUT2D eigenvalue weighted by atomic mass is 10.1. The molecule has 0 bridgehead atoms. The highest BCUT2D eigenvalue weighted by atomic mass is 16.5. The van der Waals surface area contributed by atoms with Crippen molar-refractivity contribution in [2.24, 2.45) is 0 Å². The van der Waals surface area contributed by atoms with Crippen molar-refractivity contribution < 1.29 is 19.1 Å². The van der Waals surface area contributed by atoms with Gasteiger partial charge in [0.15, 0.2) is 6.10 Å². The number of amides is 1. The normalized spacial score (nSPS) is 12.9. The van der Waals surface area contributed by atoms with Gasteiger partial charge in [-0.25, -0.2) is 4.79 Å². The van der Waals surface area contributed by atoms with Gasteiger partial charge in [0, 0.05) is 6.04 Å². The molecule has 150 valence electrons. The molecular weight excluding hydrogens is 354 g/mol. The Morgan fingerprint density at radius 1 is 0.929 bits per heavy atom. The average molecular weight is 383 g/mol. The number of carbonyl (C=O) groups is 2. The fraction of sp³-hybridized carbons (Fsp3) is 0.391. The molecule has 0 fully saturated rings. The number of hydrogen-bond acceptors (Lipinski definition) is 4. The van der Waals surface area contributed by atoms with Gasteiger partial charge < -0.3 is 14.8 Å². The summed E-state index contributed by atoms with van der Waals surface area (Å²) in [5.74, 6) is -0.144. The zero-order chi connectivity index (χ0) is 20.5. The van der Waals surface area contributed by atoms with Crippen LogP contribution < -0.4 is 10.1 Å². The van der Waals surface area contributed by atoms with E-state index in [1.54, 1.807) is 31.2 Å². The maximum atomic E-state index is 12.3. The Hall–Kier alpha value is -2.82. The standard InChI is InChI=1S/C23H29NO4/c1-16(2)27-21-14-12-20(13-15-21)23(26)28-18(4)22(25)24-17(3)10-11-19-8-6-5-7-9-19/h5-9,12-18H,10-11H2,1-4H3,(H,24,25)/t17-,18+/m0/s1. The van der Waals surface area contributed by atoms with Crippen LogP contribution in [0.2, 0.25) is 0 Å². The highest BCUT2D eigenvalue weighted by Gasteiger charge is 2.20. The Morgan fingerprint density at radius 3 is 2.18 bits per heavy atom. The van der Waals surface area contributed by atoms with Crippen LogP contribution in [0.25, 0.3) is 0 Å². The average Bonchev–Trinajstić information content (AvgIpc) is 2.67. The molecule has 0 heterocycles. The molecule has 2 rings (SSSR count). The summed E-state index contributed by atoms with van der Waals surface area (Å²) in [6.07, 6.45) is 0.887. The van der Waals surface area contributed by atoms with E-state index in [-0.39, 0.29) is 18.1 Å². The summed E-state index contributed by atoms with van der Waals surface area (Å²) >= 11 is 0. The minimum absolute atomic E-state index is 0.0127. The first-order chi connectivity index (χ1) is 13.3. The second-order valence-corrected chi connectivity index (χ2v) is 7.17. The SMILES string of the molecule is CC(C)Oc1ccc(C(=O)O[C@H](C)C(=O)N[C@@H](C)CCc2ccccc2)cc1. The van der Waals surface area contributed by atoms with Crippen LogP contribution in [0.5, 0.6) is 5.75 Å². The largest absolute Gasteiger partial charge is 0.491 e. The van der Waals surface area contributed by atoms with Gasteiger partial charge in [0.05, 0.1) is 11.7 Å². The van der Waals surface area contributed by atoms with Gasteiger partial charge in [-0.2, -0.15) is 0 Å². The molecule has 28 heavy (non-hydrogen) atoms. The Morgan fingerprint density at radius 2 is 1.57 bits per heavy atom. The number of carbonyl (C=O) groups excluding carboxylic acids is 2. The van der Waals surface area contributed by atoms with E-state index < -0.39 is 12.1 Å². The number of ether oxygens (including phenoxy) is 2. The summed E-state index contributed by atoms with van der Waals surface area (Å²) in [5, 5.41) is 2.90. The van der Waals surface area contributed by atoms with Crippen molar-refractivity contribution in [3.8, 4) is 5.75 Å². The Labute approximate surface area is 167 Å². The van der Waals surface area contributed by atoms with E-state index in [0.717, 1.165) is 12.8 Å². The van der Waals surface area contributed by atoms with Crippen LogP contribution in [0, 0.1) is 0 Å². The lowest BCUT2D eigenvalue weighted by molar-refractivity contribution is -0.129. The molecule has 0 aliphatic rings. The number of aryl methyl sites for hydroxylation is 1. The topological polar surface area (TPSA) is 64.6 Å². The first-order valence-corrected chi connectivity index (χ1v) is 9.67. The van der Waals surface area contributed by atoms with E-state index in [2.05, 4.69) is 17.4 Å². The summed E-state index contributed by atoms with van der Waals surface area (Å²) < 4.78 is 10.8. The van der Waals surface area contributed by atoms with Gasteiger partial charge in [0.25, 0.3) is 5.91 Å². The van der Waals surface area contributed by atoms with E-state index >= 15 is 0 Å². The zero-order valence-corrected chi connectivity index (χ0v) is 17.0. The Balaban J connectivity index is 1.79. The van der Waals surface area contributed by atoms with Crippen molar-refractivity contribution in [3.05, 3.63) is 65.7 Å². The van der Waals surface area contributed by atoms with Crippen molar-refractivity contribution in [2.45, 2.75) is 58.8 Å². The molecule has 0 aliphatic heterocycles. The predicted molar refractivity (Wildman–Crippen MR) is 109 cm³/mol. The number of rotatable bonds is 9. The van der Waals surface area contributed by atoms with Gasteiger partial charge in [0.1, 0.15) is 5.75 Å². The summed E-state index contributed by atoms with van der Waals surface area (Å²) in [5.41, 5.74) is 1.61. The van der Waals surface area contributed by atoms with Gasteiger partial charge in [-0.15, -0.1) is 0 Å². The molecular formula is C23H29NO4. The number of hydrogen-bond donors (Lipinski definition) is 1. The maximum absolute atomic E-state index is 12.3. The van der Waals surface area contributed by atoms with Crippen LogP contribution >= 0.6 is 0 Å². The molecule has 2 aromatic carbocycles. The highest BCUT2D eigenvalue weighted by Crippen LogP contribution is 2.15. The number of nitrogens with one attached hydrogen (secondary N) is 1. The third-order valence-corrected chi connectivity index (χ3v) is 4.21. The lowest BCUT2D eigenvalue weighted by Crippen LogP contribution is -2.41. The third kappa shape index (κ3) is 7.06. The Kier molecular flexibility index (Phi) is 8.05. The van der Waals surface area contributed by atoms with Crippen LogP contribution in [0.15, 0.2) is 54.6 Å². The molecule has 1 N–H and O–H groups in total. The summed E-state index contributed by atoms with van der Waals surface area (Å²) in [4.78, 5) is 24.5. The summed E-state index contributed by atoms with van der Waals surface area (Å²) in [7, 11) is 0. The second-order valence-electron chi connectivity index (χ2n) is 7.17. The van der Waals surface area contributed by atoms with Crippen molar-refractivity contribution in [3.63, 3.8) is 0 Å². The molecule has 0 unspecified atom stereocenters. The fourth-order valence-electron chi connectivity index (χ4n) is 2.68. The monoisotopic (exact) mass is 383 g/mol. The maximum Gasteiger partial charge on any atom is 0.338 e. The molecule has 1 amide bonds. The van der Waals surface area contributed by atoms with E-state index in [1.165, 1.54) is 5.56 Å². The van der Waals surface area contributed by atoms with Gasteiger partial charge in [0.2, 0.25) is 0 Å². The van der Waals surface area contributed by atoms with Crippen molar-refractivity contribution in [1.82, 2.24) is 5.32 Å². The lowest BCUT2D eigenvalue weighted by Gasteiger charge is -2.18. The minimum atomic E-state index is -0.863. The molecule has 0 aromatic heterocycles. The van der Waals surface area contributed by atoms with Crippen molar-refractivity contribution in [1.29, 1.82) is 0 Å². The summed E-state index contributed by atoms with van der Waals surface area (Å²) in [6.45, 7) is 7.39. The highest BCUT2D eigenvalue weighted by molar-refractivity contribution is 5.92. The molecule has 0 saturated heterocycles. The second kappa shape index (κ2) is 10.5. The molecule has 0 spiro atoms. The van der Waals surface area contributed by atoms with E-state index in [4.69, 9.17) is 9.47 Å².